The summed E-state index contributed by atoms with van der Waals surface area (Å²) in [5.74, 6) is 5.11. The number of carbonyl (C=O) groups is 1. The lowest BCUT2D eigenvalue weighted by Crippen LogP contribution is -2.51. The Morgan fingerprint density at radius 1 is 1.05 bits per heavy atom. The largest absolute Gasteiger partial charge is 0.508 e. The highest BCUT2D eigenvalue weighted by Crippen LogP contribution is 2.67. The number of hydrogen-bond acceptors (Lipinski definition) is 4. The van der Waals surface area contributed by atoms with Crippen LogP contribution >= 0.6 is 0 Å². The first-order valence-corrected chi connectivity index (χ1v) is 15.5. The van der Waals surface area contributed by atoms with E-state index in [1.807, 2.05) is 6.08 Å². The van der Waals surface area contributed by atoms with Crippen LogP contribution in [0.4, 0.5) is 4.79 Å². The lowest BCUT2D eigenvalue weighted by molar-refractivity contribution is -0.0630. The van der Waals surface area contributed by atoms with Crippen molar-refractivity contribution in [3.63, 3.8) is 0 Å². The molecule has 0 amide bonds. The van der Waals surface area contributed by atoms with Crippen LogP contribution in [-0.2, 0) is 14.2 Å². The van der Waals surface area contributed by atoms with Crippen LogP contribution < -0.4 is 0 Å². The molecule has 4 aliphatic carbocycles. The van der Waals surface area contributed by atoms with Gasteiger partial charge in [0.25, 0.3) is 0 Å². The van der Waals surface area contributed by atoms with Crippen molar-refractivity contribution in [2.24, 2.45) is 46.3 Å². The van der Waals surface area contributed by atoms with Crippen LogP contribution in [0.5, 0.6) is 0 Å². The molecule has 1 unspecified atom stereocenters. The number of allylic oxidation sites excluding steroid dienone is 1. The monoisotopic (exact) mass is 512 g/mol. The van der Waals surface area contributed by atoms with E-state index in [1.54, 1.807) is 11.8 Å². The van der Waals surface area contributed by atoms with Gasteiger partial charge < -0.3 is 14.2 Å². The Bertz CT molecular complexity index is 868. The second-order valence-corrected chi connectivity index (χ2v) is 14.2. The van der Waals surface area contributed by atoms with Crippen molar-refractivity contribution in [1.82, 2.24) is 0 Å². The maximum absolute atomic E-state index is 12.3. The number of fused-ring (bicyclic) bond motifs is 5. The predicted octanol–water partition coefficient (Wildman–Crippen LogP) is 8.85. The molecule has 9 atom stereocenters. The van der Waals surface area contributed by atoms with Crippen molar-refractivity contribution in [3.8, 4) is 0 Å². The topological polar surface area (TPSA) is 44.8 Å². The van der Waals surface area contributed by atoms with Crippen LogP contribution in [0.1, 0.15) is 112 Å². The molecule has 3 fully saturated rings. The zero-order chi connectivity index (χ0) is 26.2. The lowest BCUT2D eigenvalue weighted by atomic mass is 9.47. The van der Waals surface area contributed by atoms with E-state index < -0.39 is 6.16 Å². The minimum absolute atomic E-state index is 0.0533. The van der Waals surface area contributed by atoms with Crippen molar-refractivity contribution in [2.45, 2.75) is 124 Å². The van der Waals surface area contributed by atoms with Gasteiger partial charge in [-0.25, -0.2) is 4.79 Å². The Balaban J connectivity index is 1.19. The predicted molar refractivity (Wildman–Crippen MR) is 148 cm³/mol. The van der Waals surface area contributed by atoms with Gasteiger partial charge >= 0.3 is 6.16 Å². The first kappa shape index (κ1) is 27.1. The fourth-order valence-electron chi connectivity index (χ4n) is 9.62. The summed E-state index contributed by atoms with van der Waals surface area (Å²) in [7, 11) is 0. The molecule has 0 spiro atoms. The summed E-state index contributed by atoms with van der Waals surface area (Å²) in [6.07, 6.45) is 20.4. The molecule has 0 saturated heterocycles. The Hall–Kier alpha value is -1.45. The van der Waals surface area contributed by atoms with E-state index in [0.717, 1.165) is 61.2 Å². The van der Waals surface area contributed by atoms with E-state index in [0.29, 0.717) is 5.41 Å². The van der Waals surface area contributed by atoms with E-state index in [4.69, 9.17) is 14.2 Å². The van der Waals surface area contributed by atoms with Crippen molar-refractivity contribution >= 4 is 6.16 Å². The van der Waals surface area contributed by atoms with Crippen molar-refractivity contribution < 1.29 is 19.0 Å². The third-order valence-electron chi connectivity index (χ3n) is 11.7. The molecule has 0 aromatic rings. The van der Waals surface area contributed by atoms with Gasteiger partial charge in [-0.15, -0.1) is 0 Å². The molecule has 4 heteroatoms. The molecule has 1 heterocycles. The average molecular weight is 513 g/mol. The highest BCUT2D eigenvalue weighted by Gasteiger charge is 2.59. The first-order chi connectivity index (χ1) is 17.7. The third kappa shape index (κ3) is 5.37. The van der Waals surface area contributed by atoms with E-state index >= 15 is 0 Å². The third-order valence-corrected chi connectivity index (χ3v) is 11.7. The van der Waals surface area contributed by atoms with Gasteiger partial charge in [0.2, 0.25) is 0 Å². The Kier molecular flexibility index (Phi) is 8.04. The molecular formula is C33H52O4. The molecule has 4 nitrogen and oxygen atoms in total. The molecule has 0 bridgehead atoms. The van der Waals surface area contributed by atoms with Gasteiger partial charge in [-0.05, 0) is 97.4 Å². The second kappa shape index (κ2) is 11.0. The van der Waals surface area contributed by atoms with Gasteiger partial charge in [0, 0.05) is 12.8 Å². The van der Waals surface area contributed by atoms with E-state index in [2.05, 4.69) is 40.7 Å². The van der Waals surface area contributed by atoms with Gasteiger partial charge in [0.1, 0.15) is 18.8 Å². The molecule has 208 valence electrons. The number of hydrogen-bond donors (Lipinski definition) is 0. The number of ether oxygens (including phenoxy) is 3. The average Bonchev–Trinajstić information content (AvgIpc) is 3.50. The highest BCUT2D eigenvalue weighted by atomic mass is 16.7. The molecule has 5 rings (SSSR count). The van der Waals surface area contributed by atoms with Crippen LogP contribution in [0.15, 0.2) is 24.0 Å². The summed E-state index contributed by atoms with van der Waals surface area (Å²) >= 11 is 0. The Morgan fingerprint density at radius 3 is 2.65 bits per heavy atom. The maximum atomic E-state index is 12.3. The Labute approximate surface area is 226 Å². The van der Waals surface area contributed by atoms with Crippen LogP contribution in [0.3, 0.4) is 0 Å². The summed E-state index contributed by atoms with van der Waals surface area (Å²) in [5.41, 5.74) is 2.36. The van der Waals surface area contributed by atoms with Crippen molar-refractivity contribution in [3.05, 3.63) is 24.0 Å². The van der Waals surface area contributed by atoms with Gasteiger partial charge in [-0.2, -0.15) is 0 Å². The molecule has 0 aromatic carbocycles. The zero-order valence-electron chi connectivity index (χ0n) is 24.2. The molecule has 5 aliphatic rings. The van der Waals surface area contributed by atoms with E-state index in [1.165, 1.54) is 51.4 Å². The summed E-state index contributed by atoms with van der Waals surface area (Å²) in [6.45, 7) is 12.8. The number of carbonyl (C=O) groups excluding carboxylic acids is 1. The van der Waals surface area contributed by atoms with Gasteiger partial charge in [-0.1, -0.05) is 65.5 Å². The second-order valence-electron chi connectivity index (χ2n) is 14.2. The quantitative estimate of drug-likeness (QED) is 0.241. The fraction of sp³-hybridized carbons (Fsp3) is 0.848. The van der Waals surface area contributed by atoms with Crippen molar-refractivity contribution in [1.29, 1.82) is 0 Å². The van der Waals surface area contributed by atoms with Crippen molar-refractivity contribution in [2.75, 3.05) is 6.61 Å². The molecule has 0 N–H and O–H groups in total. The first-order valence-electron chi connectivity index (χ1n) is 15.5. The molecule has 3 saturated carbocycles. The maximum Gasteiger partial charge on any atom is 0.508 e. The highest BCUT2D eigenvalue weighted by molar-refractivity contribution is 5.60. The van der Waals surface area contributed by atoms with Crippen LogP contribution in [-0.4, -0.2) is 25.0 Å². The molecular weight excluding hydrogens is 460 g/mol. The minimum Gasteiger partial charge on any atom is -0.494 e. The smallest absolute Gasteiger partial charge is 0.494 e. The fourth-order valence-corrected chi connectivity index (χ4v) is 9.62. The van der Waals surface area contributed by atoms with Crippen LogP contribution in [0.25, 0.3) is 0 Å². The van der Waals surface area contributed by atoms with Gasteiger partial charge in [0.05, 0.1) is 6.26 Å². The lowest BCUT2D eigenvalue weighted by Gasteiger charge is -2.58. The molecule has 0 radical (unpaired) electrons. The van der Waals surface area contributed by atoms with Gasteiger partial charge in [0.15, 0.2) is 0 Å². The standard InChI is InChI=1S/C33H52O4/c1-22(2)8-6-9-23(3)28-13-14-29-27-12-11-24-20-25(37-31(34)36-21-26-10-7-19-35-26)15-17-32(24,4)30(27)16-18-33(28,29)5/h7,11,19,22-23,25-30H,6,8-10,12-18,20-21H2,1-5H3/t23-,25+,26?,27+,28-,29+,30+,32+,33-/m1/s1. The summed E-state index contributed by atoms with van der Waals surface area (Å²) < 4.78 is 16.5. The van der Waals surface area contributed by atoms with Crippen LogP contribution in [0.2, 0.25) is 0 Å². The van der Waals surface area contributed by atoms with Gasteiger partial charge in [-0.3, -0.25) is 0 Å². The van der Waals surface area contributed by atoms with E-state index in [9.17, 15) is 4.79 Å². The summed E-state index contributed by atoms with van der Waals surface area (Å²) in [4.78, 5) is 12.3. The SMILES string of the molecule is CC(C)CCC[C@@H](C)[C@H]1CC[C@H]2[C@@H]3CC=C4C[C@@H](OC(=O)OCC5CC=CO5)CC[C@]4(C)[C@H]3CC[C@]12C. The summed E-state index contributed by atoms with van der Waals surface area (Å²) in [5, 5.41) is 0. The molecule has 37 heavy (non-hydrogen) atoms. The molecule has 0 aromatic heterocycles. The van der Waals surface area contributed by atoms with Crippen LogP contribution in [0, 0.1) is 46.3 Å². The molecule has 1 aliphatic heterocycles. The normalized spacial score (nSPS) is 41.3. The zero-order valence-corrected chi connectivity index (χ0v) is 24.2. The number of rotatable bonds is 8. The van der Waals surface area contributed by atoms with E-state index in [-0.39, 0.29) is 24.2 Å². The minimum atomic E-state index is -0.536. The Morgan fingerprint density at radius 2 is 1.89 bits per heavy atom. The summed E-state index contributed by atoms with van der Waals surface area (Å²) in [6, 6.07) is 0.